The molecule has 0 saturated heterocycles. The van der Waals surface area contributed by atoms with E-state index in [9.17, 15) is 9.50 Å². The Morgan fingerprint density at radius 3 is 2.78 bits per heavy atom. The highest BCUT2D eigenvalue weighted by Crippen LogP contribution is 2.29. The quantitative estimate of drug-likeness (QED) is 0.661. The van der Waals surface area contributed by atoms with Crippen LogP contribution >= 0.6 is 0 Å². The molecule has 2 aliphatic rings. The van der Waals surface area contributed by atoms with Crippen LogP contribution in [0.1, 0.15) is 46.0 Å². The second-order valence-electron chi connectivity index (χ2n) is 7.90. The molecule has 27 heavy (non-hydrogen) atoms. The molecule has 144 valence electrons. The monoisotopic (exact) mass is 372 g/mol. The van der Waals surface area contributed by atoms with Crippen LogP contribution in [0, 0.1) is 11.7 Å². The number of anilines is 1. The first-order valence-electron chi connectivity index (χ1n) is 9.46. The average molecular weight is 372 g/mol. The van der Waals surface area contributed by atoms with Crippen LogP contribution < -0.4 is 10.6 Å². The fourth-order valence-electron chi connectivity index (χ4n) is 3.68. The van der Waals surface area contributed by atoms with Gasteiger partial charge in [0, 0.05) is 5.92 Å². The fourth-order valence-corrected chi connectivity index (χ4v) is 3.68. The number of hydrogen-bond acceptors (Lipinski definition) is 6. The summed E-state index contributed by atoms with van der Waals surface area (Å²) in [6, 6.07) is 1.02. The summed E-state index contributed by atoms with van der Waals surface area (Å²) < 4.78 is 13.6. The van der Waals surface area contributed by atoms with Crippen molar-refractivity contribution in [2.75, 3.05) is 5.32 Å². The summed E-state index contributed by atoms with van der Waals surface area (Å²) in [5.41, 5.74) is -0.547. The minimum Gasteiger partial charge on any atom is -0.388 e. The highest BCUT2D eigenvalue weighted by atomic mass is 19.1. The van der Waals surface area contributed by atoms with E-state index >= 15 is 0 Å². The molecule has 1 unspecified atom stereocenters. The van der Waals surface area contributed by atoms with Crippen LogP contribution in [0.2, 0.25) is 0 Å². The SMILES string of the molecule is CC(C)(O)C1C=C(Nc2[nH]nc3ncc(F)cc23)NC(C2CCCCC2)=N1. The van der Waals surface area contributed by atoms with Crippen molar-refractivity contribution in [3.63, 3.8) is 0 Å². The molecule has 0 aromatic carbocycles. The van der Waals surface area contributed by atoms with Crippen molar-refractivity contribution in [2.24, 2.45) is 10.9 Å². The lowest BCUT2D eigenvalue weighted by molar-refractivity contribution is 0.0667. The zero-order chi connectivity index (χ0) is 19.0. The lowest BCUT2D eigenvalue weighted by Gasteiger charge is -2.33. The Hall–Kier alpha value is -2.48. The number of rotatable bonds is 4. The van der Waals surface area contributed by atoms with Gasteiger partial charge in [0.15, 0.2) is 5.65 Å². The average Bonchev–Trinajstić information content (AvgIpc) is 3.03. The van der Waals surface area contributed by atoms with E-state index in [2.05, 4.69) is 25.8 Å². The van der Waals surface area contributed by atoms with Crippen LogP contribution in [-0.4, -0.2) is 37.8 Å². The third-order valence-electron chi connectivity index (χ3n) is 5.22. The Morgan fingerprint density at radius 2 is 2.04 bits per heavy atom. The van der Waals surface area contributed by atoms with E-state index in [-0.39, 0.29) is 6.04 Å². The van der Waals surface area contributed by atoms with Gasteiger partial charge >= 0.3 is 0 Å². The topological polar surface area (TPSA) is 98.2 Å². The smallest absolute Gasteiger partial charge is 0.183 e. The molecule has 1 fully saturated rings. The minimum absolute atomic E-state index is 0.367. The van der Waals surface area contributed by atoms with Gasteiger partial charge in [0.2, 0.25) is 0 Å². The number of nitrogens with zero attached hydrogens (tertiary/aromatic N) is 3. The molecule has 1 saturated carbocycles. The molecule has 1 atom stereocenters. The third kappa shape index (κ3) is 3.80. The predicted molar refractivity (Wildman–Crippen MR) is 103 cm³/mol. The van der Waals surface area contributed by atoms with E-state index < -0.39 is 11.4 Å². The summed E-state index contributed by atoms with van der Waals surface area (Å²) in [5.74, 6) is 2.10. The molecule has 0 bridgehead atoms. The number of aliphatic imine (C=N–C) groups is 1. The second kappa shape index (κ2) is 6.92. The predicted octanol–water partition coefficient (Wildman–Crippen LogP) is 3.07. The number of nitrogens with one attached hydrogen (secondary N) is 3. The summed E-state index contributed by atoms with van der Waals surface area (Å²) in [6.07, 6.45) is 8.84. The van der Waals surface area contributed by atoms with E-state index in [1.54, 1.807) is 13.8 Å². The minimum atomic E-state index is -0.987. The number of halogens is 1. The molecule has 1 aliphatic carbocycles. The molecule has 7 nitrogen and oxygen atoms in total. The standard InChI is InChI=1S/C19H25FN6O/c1-19(2,27)14-9-15(23-16(22-14)11-6-4-3-5-7-11)24-18-13-8-12(20)10-21-17(13)25-26-18/h8-11,14,27H,3-7H2,1-2H3,(H,22,23)(H2,21,24,25,26). The van der Waals surface area contributed by atoms with Gasteiger partial charge in [-0.15, -0.1) is 0 Å². The maximum Gasteiger partial charge on any atom is 0.183 e. The summed E-state index contributed by atoms with van der Waals surface area (Å²) in [7, 11) is 0. The van der Waals surface area contributed by atoms with Crippen molar-refractivity contribution in [2.45, 2.75) is 57.6 Å². The number of aliphatic hydroxyl groups is 1. The van der Waals surface area contributed by atoms with Crippen LogP contribution in [-0.2, 0) is 0 Å². The van der Waals surface area contributed by atoms with Gasteiger partial charge in [0.1, 0.15) is 29.3 Å². The molecule has 3 heterocycles. The Labute approximate surface area is 157 Å². The van der Waals surface area contributed by atoms with Gasteiger partial charge in [0.25, 0.3) is 0 Å². The third-order valence-corrected chi connectivity index (χ3v) is 5.22. The highest BCUT2D eigenvalue weighted by molar-refractivity contribution is 5.90. The molecular weight excluding hydrogens is 347 g/mol. The van der Waals surface area contributed by atoms with Gasteiger partial charge in [-0.3, -0.25) is 10.1 Å². The molecular formula is C19H25FN6O. The first-order valence-corrected chi connectivity index (χ1v) is 9.46. The number of aromatic amines is 1. The van der Waals surface area contributed by atoms with Crippen molar-refractivity contribution in [1.29, 1.82) is 0 Å². The number of amidine groups is 1. The van der Waals surface area contributed by atoms with Gasteiger partial charge in [-0.2, -0.15) is 5.10 Å². The molecule has 4 rings (SSSR count). The van der Waals surface area contributed by atoms with Crippen molar-refractivity contribution in [3.05, 3.63) is 30.0 Å². The van der Waals surface area contributed by atoms with Crippen LogP contribution in [0.15, 0.2) is 29.2 Å². The van der Waals surface area contributed by atoms with Crippen molar-refractivity contribution < 1.29 is 9.50 Å². The Morgan fingerprint density at radius 1 is 1.26 bits per heavy atom. The fraction of sp³-hybridized carbons (Fsp3) is 0.526. The molecule has 4 N–H and O–H groups in total. The van der Waals surface area contributed by atoms with Crippen LogP contribution in [0.4, 0.5) is 10.2 Å². The number of aromatic nitrogens is 3. The maximum atomic E-state index is 13.6. The van der Waals surface area contributed by atoms with E-state index in [0.29, 0.717) is 28.6 Å². The Bertz CT molecular complexity index is 891. The summed E-state index contributed by atoms with van der Waals surface area (Å²) in [5, 5.41) is 24.7. The second-order valence-corrected chi connectivity index (χ2v) is 7.90. The van der Waals surface area contributed by atoms with Crippen molar-refractivity contribution >= 4 is 22.7 Å². The lowest BCUT2D eigenvalue weighted by Crippen LogP contribution is -2.44. The first-order chi connectivity index (χ1) is 12.9. The van der Waals surface area contributed by atoms with Crippen molar-refractivity contribution in [3.8, 4) is 0 Å². The molecule has 0 radical (unpaired) electrons. The van der Waals surface area contributed by atoms with Crippen LogP contribution in [0.5, 0.6) is 0 Å². The van der Waals surface area contributed by atoms with E-state index in [4.69, 9.17) is 4.99 Å². The molecule has 1 aliphatic heterocycles. The van der Waals surface area contributed by atoms with E-state index in [1.807, 2.05) is 6.08 Å². The lowest BCUT2D eigenvalue weighted by atomic mass is 9.87. The van der Waals surface area contributed by atoms with Gasteiger partial charge in [-0.25, -0.2) is 9.37 Å². The van der Waals surface area contributed by atoms with Gasteiger partial charge < -0.3 is 15.7 Å². The molecule has 0 amide bonds. The molecule has 2 aromatic heterocycles. The van der Waals surface area contributed by atoms with Gasteiger partial charge in [0.05, 0.1) is 17.2 Å². The Balaban J connectivity index is 1.62. The number of hydrogen-bond donors (Lipinski definition) is 4. The largest absolute Gasteiger partial charge is 0.388 e. The maximum absolute atomic E-state index is 13.6. The first kappa shape index (κ1) is 17.9. The van der Waals surface area contributed by atoms with Crippen molar-refractivity contribution in [1.82, 2.24) is 20.5 Å². The Kier molecular flexibility index (Phi) is 4.59. The van der Waals surface area contributed by atoms with E-state index in [0.717, 1.165) is 24.9 Å². The molecule has 0 spiro atoms. The molecule has 2 aromatic rings. The highest BCUT2D eigenvalue weighted by Gasteiger charge is 2.31. The summed E-state index contributed by atoms with van der Waals surface area (Å²) in [6.45, 7) is 3.51. The van der Waals surface area contributed by atoms with Crippen LogP contribution in [0.25, 0.3) is 11.0 Å². The van der Waals surface area contributed by atoms with Crippen LogP contribution in [0.3, 0.4) is 0 Å². The zero-order valence-electron chi connectivity index (χ0n) is 15.6. The zero-order valence-corrected chi connectivity index (χ0v) is 15.6. The summed E-state index contributed by atoms with van der Waals surface area (Å²) >= 11 is 0. The van der Waals surface area contributed by atoms with E-state index in [1.165, 1.54) is 25.3 Å². The number of pyridine rings is 1. The number of fused-ring (bicyclic) bond motifs is 1. The van der Waals surface area contributed by atoms with Gasteiger partial charge in [-0.05, 0) is 38.8 Å². The number of H-pyrrole nitrogens is 1. The van der Waals surface area contributed by atoms with Gasteiger partial charge in [-0.1, -0.05) is 19.3 Å². The summed E-state index contributed by atoms with van der Waals surface area (Å²) in [4.78, 5) is 8.75. The normalized spacial score (nSPS) is 21.6. The molecule has 8 heteroatoms.